The summed E-state index contributed by atoms with van der Waals surface area (Å²) in [5.41, 5.74) is 0.522. The van der Waals surface area contributed by atoms with Gasteiger partial charge in [-0.15, -0.1) is 0 Å². The predicted molar refractivity (Wildman–Crippen MR) is 87.1 cm³/mol. The molecule has 0 fully saturated rings. The normalized spacial score (nSPS) is 11.0. The highest BCUT2D eigenvalue weighted by Crippen LogP contribution is 2.22. The van der Waals surface area contributed by atoms with Gasteiger partial charge in [0.1, 0.15) is 0 Å². The van der Waals surface area contributed by atoms with Crippen LogP contribution >= 0.6 is 0 Å². The van der Waals surface area contributed by atoms with E-state index in [1.807, 2.05) is 0 Å². The zero-order valence-corrected chi connectivity index (χ0v) is 13.4. The number of hydrogen-bond donors (Lipinski definition) is 1. The van der Waals surface area contributed by atoms with E-state index in [0.29, 0.717) is 5.56 Å². The van der Waals surface area contributed by atoms with Crippen LogP contribution in [0.3, 0.4) is 0 Å². The van der Waals surface area contributed by atoms with Crippen molar-refractivity contribution in [2.45, 2.75) is 6.61 Å². The second-order valence-electron chi connectivity index (χ2n) is 4.93. The Balaban J connectivity index is 2.26. The van der Waals surface area contributed by atoms with Crippen molar-refractivity contribution in [3.05, 3.63) is 69.8 Å². The van der Waals surface area contributed by atoms with E-state index in [9.17, 15) is 23.3 Å². The fourth-order valence-electron chi connectivity index (χ4n) is 1.90. The summed E-state index contributed by atoms with van der Waals surface area (Å²) >= 11 is 0. The lowest BCUT2D eigenvalue weighted by Gasteiger charge is -2.08. The average Bonchev–Trinajstić information content (AvgIpc) is 2.53. The van der Waals surface area contributed by atoms with Gasteiger partial charge < -0.3 is 5.32 Å². The van der Waals surface area contributed by atoms with Crippen LogP contribution in [0.4, 0.5) is 11.4 Å². The standard InChI is InChI=1S/C15H14N2O6S/c1-24(21,22)23-10-11-7-13(9-14(8-11)17(19)20)16-15(18)12-5-3-2-4-6-12/h2-9H,10H2,1H3,(H,16,18). The number of non-ortho nitro benzene ring substituents is 1. The number of carbonyl (C=O) groups is 1. The Kier molecular flexibility index (Phi) is 5.27. The molecule has 2 aromatic rings. The minimum atomic E-state index is -3.69. The maximum Gasteiger partial charge on any atom is 0.271 e. The number of amides is 1. The van der Waals surface area contributed by atoms with Crippen molar-refractivity contribution < 1.29 is 22.3 Å². The topological polar surface area (TPSA) is 116 Å². The van der Waals surface area contributed by atoms with Gasteiger partial charge in [-0.1, -0.05) is 18.2 Å². The van der Waals surface area contributed by atoms with E-state index in [1.165, 1.54) is 18.2 Å². The monoisotopic (exact) mass is 350 g/mol. The number of anilines is 1. The average molecular weight is 350 g/mol. The Hall–Kier alpha value is -2.78. The molecular formula is C15H14N2O6S. The highest BCUT2D eigenvalue weighted by Gasteiger charge is 2.14. The SMILES string of the molecule is CS(=O)(=O)OCc1cc(NC(=O)c2ccccc2)cc([N+](=O)[O-])c1. The molecule has 2 aromatic carbocycles. The number of nitro benzene ring substituents is 1. The molecule has 24 heavy (non-hydrogen) atoms. The largest absolute Gasteiger partial charge is 0.322 e. The molecule has 0 heterocycles. The van der Waals surface area contributed by atoms with E-state index in [4.69, 9.17) is 0 Å². The second kappa shape index (κ2) is 7.20. The quantitative estimate of drug-likeness (QED) is 0.485. The van der Waals surface area contributed by atoms with Crippen LogP contribution in [-0.2, 0) is 20.9 Å². The highest BCUT2D eigenvalue weighted by molar-refractivity contribution is 7.85. The molecule has 126 valence electrons. The summed E-state index contributed by atoms with van der Waals surface area (Å²) in [6.07, 6.45) is 0.877. The number of hydrogen-bond acceptors (Lipinski definition) is 6. The molecule has 9 heteroatoms. The summed E-state index contributed by atoms with van der Waals surface area (Å²) in [6, 6.07) is 12.1. The minimum absolute atomic E-state index is 0.171. The van der Waals surface area contributed by atoms with Crippen molar-refractivity contribution in [2.75, 3.05) is 11.6 Å². The number of benzene rings is 2. The van der Waals surface area contributed by atoms with Crippen molar-refractivity contribution in [3.8, 4) is 0 Å². The van der Waals surface area contributed by atoms with Crippen LogP contribution in [0.1, 0.15) is 15.9 Å². The van der Waals surface area contributed by atoms with E-state index in [0.717, 1.165) is 6.26 Å². The van der Waals surface area contributed by atoms with Gasteiger partial charge in [0.05, 0.1) is 17.8 Å². The first-order valence-corrected chi connectivity index (χ1v) is 8.55. The molecule has 0 saturated carbocycles. The van der Waals surface area contributed by atoms with Crippen LogP contribution in [0.15, 0.2) is 48.5 Å². The molecule has 1 amide bonds. The highest BCUT2D eigenvalue weighted by atomic mass is 32.2. The van der Waals surface area contributed by atoms with Crippen molar-refractivity contribution >= 4 is 27.4 Å². The first kappa shape index (κ1) is 17.6. The van der Waals surface area contributed by atoms with E-state index in [-0.39, 0.29) is 23.5 Å². The van der Waals surface area contributed by atoms with Crippen LogP contribution in [0, 0.1) is 10.1 Å². The van der Waals surface area contributed by atoms with E-state index >= 15 is 0 Å². The molecule has 2 rings (SSSR count). The van der Waals surface area contributed by atoms with Crippen molar-refractivity contribution in [3.63, 3.8) is 0 Å². The fourth-order valence-corrected chi connectivity index (χ4v) is 2.25. The zero-order valence-electron chi connectivity index (χ0n) is 12.6. The summed E-state index contributed by atoms with van der Waals surface area (Å²) in [5.74, 6) is -0.439. The van der Waals surface area contributed by atoms with Crippen molar-refractivity contribution in [1.82, 2.24) is 0 Å². The van der Waals surface area contributed by atoms with Crippen LogP contribution in [-0.4, -0.2) is 25.5 Å². The summed E-state index contributed by atoms with van der Waals surface area (Å²) in [5, 5.41) is 13.5. The van der Waals surface area contributed by atoms with Gasteiger partial charge in [0.2, 0.25) is 0 Å². The van der Waals surface area contributed by atoms with Crippen molar-refractivity contribution in [1.29, 1.82) is 0 Å². The van der Waals surface area contributed by atoms with Crippen LogP contribution in [0.2, 0.25) is 0 Å². The molecule has 0 radical (unpaired) electrons. The summed E-state index contributed by atoms with van der Waals surface area (Å²) in [4.78, 5) is 22.5. The second-order valence-corrected chi connectivity index (χ2v) is 6.58. The number of carbonyl (C=O) groups excluding carboxylic acids is 1. The Morgan fingerprint density at radius 3 is 2.46 bits per heavy atom. The van der Waals surface area contributed by atoms with Crippen molar-refractivity contribution in [2.24, 2.45) is 0 Å². The van der Waals surface area contributed by atoms with Gasteiger partial charge in [-0.3, -0.25) is 19.1 Å². The molecule has 0 spiro atoms. The van der Waals surface area contributed by atoms with E-state index < -0.39 is 20.9 Å². The molecule has 0 unspecified atom stereocenters. The van der Waals surface area contributed by atoms with Gasteiger partial charge >= 0.3 is 0 Å². The number of nitrogens with zero attached hydrogens (tertiary/aromatic N) is 1. The third-order valence-corrected chi connectivity index (χ3v) is 3.47. The minimum Gasteiger partial charge on any atom is -0.322 e. The maximum absolute atomic E-state index is 12.1. The third kappa shape index (κ3) is 5.14. The zero-order chi connectivity index (χ0) is 17.7. The first-order chi connectivity index (χ1) is 11.2. The summed E-state index contributed by atoms with van der Waals surface area (Å²) in [6.45, 7) is -0.366. The lowest BCUT2D eigenvalue weighted by atomic mass is 10.1. The predicted octanol–water partition coefficient (Wildman–Crippen LogP) is 2.32. The molecule has 8 nitrogen and oxygen atoms in total. The van der Waals surface area contributed by atoms with Gasteiger partial charge in [-0.25, -0.2) is 0 Å². The lowest BCUT2D eigenvalue weighted by Crippen LogP contribution is -2.12. The molecule has 0 aliphatic rings. The van der Waals surface area contributed by atoms with Crippen LogP contribution in [0.5, 0.6) is 0 Å². The van der Waals surface area contributed by atoms with Crippen LogP contribution in [0.25, 0.3) is 0 Å². The Bertz CT molecular complexity index is 865. The molecule has 0 bridgehead atoms. The molecule has 0 aliphatic heterocycles. The first-order valence-electron chi connectivity index (χ1n) is 6.74. The molecule has 0 aromatic heterocycles. The Morgan fingerprint density at radius 1 is 1.21 bits per heavy atom. The molecule has 0 aliphatic carbocycles. The Morgan fingerprint density at radius 2 is 1.88 bits per heavy atom. The van der Waals surface area contributed by atoms with Gasteiger partial charge in [0, 0.05) is 23.4 Å². The maximum atomic E-state index is 12.1. The summed E-state index contributed by atoms with van der Waals surface area (Å²) in [7, 11) is -3.69. The smallest absolute Gasteiger partial charge is 0.271 e. The third-order valence-electron chi connectivity index (χ3n) is 2.92. The van der Waals surface area contributed by atoms with Gasteiger partial charge in [-0.2, -0.15) is 8.42 Å². The van der Waals surface area contributed by atoms with E-state index in [2.05, 4.69) is 9.50 Å². The fraction of sp³-hybridized carbons (Fsp3) is 0.133. The lowest BCUT2D eigenvalue weighted by molar-refractivity contribution is -0.384. The molecule has 0 saturated heterocycles. The van der Waals surface area contributed by atoms with E-state index in [1.54, 1.807) is 30.3 Å². The molecule has 1 N–H and O–H groups in total. The number of rotatable bonds is 6. The summed E-state index contributed by atoms with van der Waals surface area (Å²) < 4.78 is 26.7. The van der Waals surface area contributed by atoms with Crippen LogP contribution < -0.4 is 5.32 Å². The number of nitrogens with one attached hydrogen (secondary N) is 1. The molecular weight excluding hydrogens is 336 g/mol. The van der Waals surface area contributed by atoms with Gasteiger partial charge in [0.15, 0.2) is 0 Å². The molecule has 0 atom stereocenters. The van der Waals surface area contributed by atoms with Gasteiger partial charge in [0.25, 0.3) is 21.7 Å². The Labute approximate surface area is 138 Å². The van der Waals surface area contributed by atoms with Gasteiger partial charge in [-0.05, 0) is 23.8 Å². The number of nitro groups is 1.